The van der Waals surface area contributed by atoms with Crippen LogP contribution in [0.4, 0.5) is 27.5 Å². The van der Waals surface area contributed by atoms with Gasteiger partial charge in [-0.3, -0.25) is 29.5 Å². The first kappa shape index (κ1) is 33.6. The second-order valence-electron chi connectivity index (χ2n) is 10.7. The highest BCUT2D eigenvalue weighted by Gasteiger charge is 2.34. The van der Waals surface area contributed by atoms with E-state index < -0.39 is 59.1 Å². The predicted octanol–water partition coefficient (Wildman–Crippen LogP) is 5.12. The van der Waals surface area contributed by atoms with Crippen molar-refractivity contribution in [1.82, 2.24) is 0 Å². The molecule has 2 amide bonds. The highest BCUT2D eigenvalue weighted by Crippen LogP contribution is 2.30. The fourth-order valence-electron chi connectivity index (χ4n) is 5.00. The molecule has 0 bridgehead atoms. The van der Waals surface area contributed by atoms with Gasteiger partial charge < -0.3 is 10.6 Å². The molecule has 0 aromatic heterocycles. The Morgan fingerprint density at radius 2 is 0.920 bits per heavy atom. The van der Waals surface area contributed by atoms with Crippen LogP contribution >= 0.6 is 0 Å². The van der Waals surface area contributed by atoms with E-state index in [0.717, 1.165) is 12.2 Å². The van der Waals surface area contributed by atoms with Gasteiger partial charge in [-0.15, -0.1) is 0 Å². The summed E-state index contributed by atoms with van der Waals surface area (Å²) >= 11 is 0. The molecule has 15 nitrogen and oxygen atoms in total. The molecule has 0 aliphatic heterocycles. The Morgan fingerprint density at radius 1 is 0.540 bits per heavy atom. The standard InChI is InChI=1S/C33H24N6O9S2/c40-31-25-13-11-23(15-19(25)17-27(49(43,44)45)29(31)38-36-21-7-3-1-4-8-21)34-33(42)35-24-12-14-26-20(16-24)18-28(50(46,47)48)30(32(26)41)39-37-22-9-5-2-6-10-22/h1-18,36-37H,(H2,34,35,42)(H,43,44,45)(H,46,47,48)/b38-29-,39-30+. The molecule has 0 saturated carbocycles. The van der Waals surface area contributed by atoms with Crippen LogP contribution in [-0.2, 0) is 20.2 Å². The van der Waals surface area contributed by atoms with Crippen molar-refractivity contribution in [1.29, 1.82) is 0 Å². The van der Waals surface area contributed by atoms with Crippen molar-refractivity contribution in [2.24, 2.45) is 10.2 Å². The summed E-state index contributed by atoms with van der Waals surface area (Å²) in [4.78, 5) is 37.9. The van der Waals surface area contributed by atoms with E-state index in [9.17, 15) is 40.3 Å². The van der Waals surface area contributed by atoms with Crippen molar-refractivity contribution in [2.45, 2.75) is 0 Å². The summed E-state index contributed by atoms with van der Waals surface area (Å²) in [7, 11) is -9.80. The maximum Gasteiger partial charge on any atom is 0.323 e. The number of allylic oxidation sites excluding steroid dienone is 2. The zero-order valence-electron chi connectivity index (χ0n) is 25.4. The van der Waals surface area contributed by atoms with Gasteiger partial charge in [0.15, 0.2) is 11.4 Å². The van der Waals surface area contributed by atoms with Crippen molar-refractivity contribution in [3.05, 3.63) is 129 Å². The molecular weight excluding hydrogens is 689 g/mol. The van der Waals surface area contributed by atoms with Crippen molar-refractivity contribution in [3.8, 4) is 0 Å². The number of fused-ring (bicyclic) bond motifs is 2. The number of Topliss-reactive ketones (excluding diaryl/α,β-unsaturated/α-hetero) is 2. The molecule has 2 aliphatic rings. The van der Waals surface area contributed by atoms with Crippen LogP contribution in [0.5, 0.6) is 0 Å². The van der Waals surface area contributed by atoms with Crippen LogP contribution in [0.15, 0.2) is 117 Å². The third kappa shape index (κ3) is 7.25. The lowest BCUT2D eigenvalue weighted by Gasteiger charge is -2.18. The second kappa shape index (κ2) is 13.3. The molecular formula is C33H24N6O9S2. The number of hydrogen-bond acceptors (Lipinski definition) is 11. The van der Waals surface area contributed by atoms with Crippen LogP contribution < -0.4 is 21.5 Å². The number of nitrogens with one attached hydrogen (secondary N) is 4. The van der Waals surface area contributed by atoms with E-state index in [-0.39, 0.29) is 33.6 Å². The summed E-state index contributed by atoms with van der Waals surface area (Å²) in [6, 6.07) is 24.2. The molecule has 6 N–H and O–H groups in total. The van der Waals surface area contributed by atoms with Gasteiger partial charge in [-0.25, -0.2) is 4.79 Å². The lowest BCUT2D eigenvalue weighted by atomic mass is 9.94. The minimum atomic E-state index is -4.90. The number of para-hydroxylation sites is 2. The highest BCUT2D eigenvalue weighted by molar-refractivity contribution is 7.91. The van der Waals surface area contributed by atoms with E-state index in [1.54, 1.807) is 60.7 Å². The molecule has 0 fully saturated rings. The molecule has 0 spiro atoms. The molecule has 252 valence electrons. The summed E-state index contributed by atoms with van der Waals surface area (Å²) in [5.41, 5.74) is 5.59. The lowest BCUT2D eigenvalue weighted by Crippen LogP contribution is -2.27. The monoisotopic (exact) mass is 712 g/mol. The van der Waals surface area contributed by atoms with E-state index in [1.807, 2.05) is 0 Å². The summed E-state index contributed by atoms with van der Waals surface area (Å²) in [6.45, 7) is 0. The van der Waals surface area contributed by atoms with Gasteiger partial charge in [0.05, 0.1) is 11.4 Å². The first-order valence-electron chi connectivity index (χ1n) is 14.4. The van der Waals surface area contributed by atoms with Gasteiger partial charge >= 0.3 is 6.03 Å². The number of benzene rings is 4. The van der Waals surface area contributed by atoms with Gasteiger partial charge in [-0.05, 0) is 83.9 Å². The number of carbonyl (C=O) groups excluding carboxylic acids is 3. The minimum absolute atomic E-state index is 0.0552. The van der Waals surface area contributed by atoms with Crippen LogP contribution in [0.3, 0.4) is 0 Å². The third-order valence-electron chi connectivity index (χ3n) is 7.28. The number of anilines is 4. The van der Waals surface area contributed by atoms with Gasteiger partial charge in [-0.2, -0.15) is 27.0 Å². The lowest BCUT2D eigenvalue weighted by molar-refractivity contribution is 0.105. The van der Waals surface area contributed by atoms with Crippen LogP contribution in [0, 0.1) is 0 Å². The molecule has 2 aliphatic carbocycles. The Labute approximate surface area is 284 Å². The third-order valence-corrected chi connectivity index (χ3v) is 9.01. The molecule has 0 radical (unpaired) electrons. The van der Waals surface area contributed by atoms with E-state index in [1.165, 1.54) is 36.4 Å². The molecule has 50 heavy (non-hydrogen) atoms. The van der Waals surface area contributed by atoms with Gasteiger partial charge in [0.25, 0.3) is 20.2 Å². The second-order valence-corrected chi connectivity index (χ2v) is 13.5. The number of nitrogens with zero attached hydrogens (tertiary/aromatic N) is 2. The molecule has 4 aromatic carbocycles. The Hall–Kier alpha value is -6.27. The summed E-state index contributed by atoms with van der Waals surface area (Å²) < 4.78 is 68.5. The Balaban J connectivity index is 1.22. The predicted molar refractivity (Wildman–Crippen MR) is 188 cm³/mol. The van der Waals surface area contributed by atoms with Crippen LogP contribution in [0.1, 0.15) is 31.8 Å². The fourth-order valence-corrected chi connectivity index (χ4v) is 6.31. The number of urea groups is 1. The highest BCUT2D eigenvalue weighted by atomic mass is 32.2. The Morgan fingerprint density at radius 3 is 1.28 bits per heavy atom. The number of rotatable bonds is 8. The molecule has 0 atom stereocenters. The Kier molecular flexibility index (Phi) is 8.96. The van der Waals surface area contributed by atoms with Crippen LogP contribution in [0.25, 0.3) is 12.2 Å². The van der Waals surface area contributed by atoms with E-state index in [2.05, 4.69) is 31.7 Å². The van der Waals surface area contributed by atoms with Gasteiger partial charge in [0.1, 0.15) is 9.81 Å². The number of amides is 2. The molecule has 17 heteroatoms. The van der Waals surface area contributed by atoms with Gasteiger partial charge in [0.2, 0.25) is 11.6 Å². The first-order valence-corrected chi connectivity index (χ1v) is 17.3. The fraction of sp³-hybridized carbons (Fsp3) is 0. The van der Waals surface area contributed by atoms with Crippen molar-refractivity contribution in [3.63, 3.8) is 0 Å². The maximum atomic E-state index is 13.2. The molecule has 6 rings (SSSR count). The van der Waals surface area contributed by atoms with Crippen molar-refractivity contribution >= 4 is 84.2 Å². The van der Waals surface area contributed by atoms with Crippen LogP contribution in [0.2, 0.25) is 0 Å². The number of ketones is 2. The zero-order chi connectivity index (χ0) is 35.6. The Bertz CT molecular complexity index is 2260. The van der Waals surface area contributed by atoms with Gasteiger partial charge in [-0.1, -0.05) is 36.4 Å². The SMILES string of the molecule is O=C(Nc1ccc2c(c1)C=C(S(=O)(=O)O)/C(=N\Nc1ccccc1)C2=O)Nc1ccc2c(c1)C=C(S(=O)(=O)O)/C(=N/Nc1ccccc1)C2=O. The summed E-state index contributed by atoms with van der Waals surface area (Å²) in [5.74, 6) is -1.58. The van der Waals surface area contributed by atoms with E-state index in [0.29, 0.717) is 11.4 Å². The van der Waals surface area contributed by atoms with Crippen LogP contribution in [-0.4, -0.2) is 55.0 Å². The smallest absolute Gasteiger partial charge is 0.308 e. The average molecular weight is 713 g/mol. The maximum absolute atomic E-state index is 13.2. The van der Waals surface area contributed by atoms with Crippen molar-refractivity contribution < 1.29 is 40.3 Å². The molecule has 0 saturated heterocycles. The molecule has 4 aromatic rings. The number of carbonyl (C=O) groups is 3. The first-order chi connectivity index (χ1) is 23.8. The summed E-state index contributed by atoms with van der Waals surface area (Å²) in [6.07, 6.45) is 2.10. The van der Waals surface area contributed by atoms with E-state index >= 15 is 0 Å². The minimum Gasteiger partial charge on any atom is -0.308 e. The quantitative estimate of drug-likeness (QED) is 0.104. The number of hydrogen-bond donors (Lipinski definition) is 6. The zero-order valence-corrected chi connectivity index (χ0v) is 27.0. The molecule has 0 heterocycles. The molecule has 0 unspecified atom stereocenters. The van der Waals surface area contributed by atoms with E-state index in [4.69, 9.17) is 0 Å². The topological polar surface area (TPSA) is 233 Å². The van der Waals surface area contributed by atoms with Gasteiger partial charge in [0, 0.05) is 22.5 Å². The van der Waals surface area contributed by atoms with Crippen molar-refractivity contribution in [2.75, 3.05) is 21.5 Å². The largest absolute Gasteiger partial charge is 0.323 e. The normalized spacial score (nSPS) is 15.8. The number of hydrazone groups is 2. The average Bonchev–Trinajstić information content (AvgIpc) is 3.07. The summed E-state index contributed by atoms with van der Waals surface area (Å²) in [5, 5.41) is 12.9.